The van der Waals surface area contributed by atoms with Gasteiger partial charge in [-0.3, -0.25) is 0 Å². The van der Waals surface area contributed by atoms with Crippen molar-refractivity contribution >= 4 is 0 Å². The molecule has 1 aliphatic rings. The molecule has 1 saturated carbocycles. The van der Waals surface area contributed by atoms with Crippen LogP contribution in [0.5, 0.6) is 5.75 Å². The van der Waals surface area contributed by atoms with E-state index in [9.17, 15) is 4.39 Å². The van der Waals surface area contributed by atoms with Gasteiger partial charge < -0.3 is 4.74 Å². The molecule has 1 nitrogen and oxygen atoms in total. The first-order valence-corrected chi connectivity index (χ1v) is 9.52. The van der Waals surface area contributed by atoms with Crippen molar-refractivity contribution in [2.45, 2.75) is 65.4 Å². The topological polar surface area (TPSA) is 9.23 Å². The summed E-state index contributed by atoms with van der Waals surface area (Å²) < 4.78 is 20.1. The molecule has 0 aromatic heterocycles. The van der Waals surface area contributed by atoms with Crippen molar-refractivity contribution < 1.29 is 9.13 Å². The Morgan fingerprint density at radius 2 is 1.88 bits per heavy atom. The summed E-state index contributed by atoms with van der Waals surface area (Å²) in [5.41, 5.74) is 4.97. The third kappa shape index (κ3) is 4.05. The first-order valence-electron chi connectivity index (χ1n) is 9.52. The van der Waals surface area contributed by atoms with Gasteiger partial charge in [0.25, 0.3) is 0 Å². The second kappa shape index (κ2) is 7.59. The van der Waals surface area contributed by atoms with Crippen LogP contribution in [0, 0.1) is 18.7 Å². The van der Waals surface area contributed by atoms with Gasteiger partial charge in [0.15, 0.2) is 0 Å². The lowest BCUT2D eigenvalue weighted by Gasteiger charge is -2.37. The standard InChI is InChI=1S/C23H29FO/c1-5-17-12-16(4)6-7-18(17)13-19-8-11-23(19)25-20-9-10-22(24)21(14-20)15(2)3/h6-7,9-10,12,14-15,19,23H,5,8,11,13H2,1-4H3. The van der Waals surface area contributed by atoms with Gasteiger partial charge in [0.1, 0.15) is 17.7 Å². The van der Waals surface area contributed by atoms with Gasteiger partial charge in [-0.05, 0) is 73.4 Å². The van der Waals surface area contributed by atoms with E-state index in [1.807, 2.05) is 19.9 Å². The maximum Gasteiger partial charge on any atom is 0.126 e. The molecule has 2 aromatic carbocycles. The van der Waals surface area contributed by atoms with Crippen LogP contribution in [-0.2, 0) is 12.8 Å². The molecule has 1 aliphatic carbocycles. The fourth-order valence-electron chi connectivity index (χ4n) is 3.70. The van der Waals surface area contributed by atoms with Crippen molar-refractivity contribution in [3.8, 4) is 5.75 Å². The van der Waals surface area contributed by atoms with Gasteiger partial charge in [0, 0.05) is 5.92 Å². The van der Waals surface area contributed by atoms with E-state index in [0.29, 0.717) is 5.92 Å². The number of hydrogen-bond acceptors (Lipinski definition) is 1. The van der Waals surface area contributed by atoms with Crippen molar-refractivity contribution in [1.29, 1.82) is 0 Å². The van der Waals surface area contributed by atoms with Crippen LogP contribution in [0.1, 0.15) is 61.8 Å². The minimum Gasteiger partial charge on any atom is -0.490 e. The zero-order chi connectivity index (χ0) is 18.0. The molecule has 2 heteroatoms. The highest BCUT2D eigenvalue weighted by molar-refractivity contribution is 5.33. The monoisotopic (exact) mass is 340 g/mol. The molecular formula is C23H29FO. The van der Waals surface area contributed by atoms with Crippen molar-refractivity contribution in [3.05, 3.63) is 64.5 Å². The zero-order valence-corrected chi connectivity index (χ0v) is 15.8. The largest absolute Gasteiger partial charge is 0.490 e. The summed E-state index contributed by atoms with van der Waals surface area (Å²) in [7, 11) is 0. The Balaban J connectivity index is 1.68. The SMILES string of the molecule is CCc1cc(C)ccc1CC1CCC1Oc1ccc(F)c(C(C)C)c1. The summed E-state index contributed by atoms with van der Waals surface area (Å²) in [4.78, 5) is 0. The predicted octanol–water partition coefficient (Wildman–Crippen LogP) is 6.22. The number of aryl methyl sites for hydroxylation is 2. The third-order valence-corrected chi connectivity index (χ3v) is 5.45. The van der Waals surface area contributed by atoms with Crippen LogP contribution in [0.25, 0.3) is 0 Å². The Kier molecular flexibility index (Phi) is 5.46. The lowest BCUT2D eigenvalue weighted by Crippen LogP contribution is -2.38. The average Bonchev–Trinajstić information content (AvgIpc) is 2.58. The molecule has 0 amide bonds. The Morgan fingerprint density at radius 3 is 2.52 bits per heavy atom. The second-order valence-electron chi connectivity index (χ2n) is 7.66. The molecule has 25 heavy (non-hydrogen) atoms. The van der Waals surface area contributed by atoms with E-state index in [0.717, 1.165) is 30.6 Å². The van der Waals surface area contributed by atoms with E-state index in [-0.39, 0.29) is 17.8 Å². The summed E-state index contributed by atoms with van der Waals surface area (Å²) in [6.45, 7) is 8.40. The summed E-state index contributed by atoms with van der Waals surface area (Å²) in [5, 5.41) is 0. The number of benzene rings is 2. The first-order chi connectivity index (χ1) is 12.0. The van der Waals surface area contributed by atoms with Crippen LogP contribution < -0.4 is 4.74 Å². The van der Waals surface area contributed by atoms with E-state index in [1.54, 1.807) is 6.07 Å². The Labute approximate surface area is 151 Å². The van der Waals surface area contributed by atoms with Crippen LogP contribution in [0.2, 0.25) is 0 Å². The summed E-state index contributed by atoms with van der Waals surface area (Å²) in [6, 6.07) is 12.0. The lowest BCUT2D eigenvalue weighted by atomic mass is 9.76. The highest BCUT2D eigenvalue weighted by atomic mass is 19.1. The van der Waals surface area contributed by atoms with Crippen molar-refractivity contribution in [2.75, 3.05) is 0 Å². The number of hydrogen-bond donors (Lipinski definition) is 0. The summed E-state index contributed by atoms with van der Waals surface area (Å²) >= 11 is 0. The molecule has 0 heterocycles. The van der Waals surface area contributed by atoms with Crippen molar-refractivity contribution in [3.63, 3.8) is 0 Å². The van der Waals surface area contributed by atoms with Gasteiger partial charge in [-0.15, -0.1) is 0 Å². The molecule has 0 aliphatic heterocycles. The third-order valence-electron chi connectivity index (χ3n) is 5.45. The van der Waals surface area contributed by atoms with Gasteiger partial charge >= 0.3 is 0 Å². The van der Waals surface area contributed by atoms with Crippen LogP contribution in [0.3, 0.4) is 0 Å². The summed E-state index contributed by atoms with van der Waals surface area (Å²) in [6.07, 6.45) is 4.69. The van der Waals surface area contributed by atoms with E-state index in [2.05, 4.69) is 32.0 Å². The van der Waals surface area contributed by atoms with Crippen LogP contribution >= 0.6 is 0 Å². The number of rotatable bonds is 6. The Hall–Kier alpha value is -1.83. The van der Waals surface area contributed by atoms with Crippen LogP contribution in [0.15, 0.2) is 36.4 Å². The minimum atomic E-state index is -0.139. The van der Waals surface area contributed by atoms with Crippen molar-refractivity contribution in [1.82, 2.24) is 0 Å². The fourth-order valence-corrected chi connectivity index (χ4v) is 3.70. The van der Waals surface area contributed by atoms with Crippen LogP contribution in [-0.4, -0.2) is 6.10 Å². The van der Waals surface area contributed by atoms with Gasteiger partial charge in [0.2, 0.25) is 0 Å². The Morgan fingerprint density at radius 1 is 1.08 bits per heavy atom. The van der Waals surface area contributed by atoms with Gasteiger partial charge in [-0.1, -0.05) is 44.5 Å². The van der Waals surface area contributed by atoms with E-state index >= 15 is 0 Å². The number of halogens is 1. The molecule has 134 valence electrons. The predicted molar refractivity (Wildman–Crippen MR) is 102 cm³/mol. The molecule has 3 rings (SSSR count). The normalized spacial score (nSPS) is 19.8. The minimum absolute atomic E-state index is 0.139. The van der Waals surface area contributed by atoms with E-state index in [1.165, 1.54) is 29.2 Å². The smallest absolute Gasteiger partial charge is 0.126 e. The molecule has 0 radical (unpaired) electrons. The maximum absolute atomic E-state index is 13.9. The van der Waals surface area contributed by atoms with Crippen LogP contribution in [0.4, 0.5) is 4.39 Å². The average molecular weight is 340 g/mol. The van der Waals surface area contributed by atoms with Gasteiger partial charge in [-0.2, -0.15) is 0 Å². The first kappa shape index (κ1) is 18.0. The lowest BCUT2D eigenvalue weighted by molar-refractivity contribution is 0.0466. The molecule has 2 aromatic rings. The quantitative estimate of drug-likeness (QED) is 0.606. The van der Waals surface area contributed by atoms with E-state index < -0.39 is 0 Å². The van der Waals surface area contributed by atoms with Crippen molar-refractivity contribution in [2.24, 2.45) is 5.92 Å². The fraction of sp³-hybridized carbons (Fsp3) is 0.478. The molecule has 2 unspecified atom stereocenters. The summed E-state index contributed by atoms with van der Waals surface area (Å²) in [5.74, 6) is 1.39. The molecule has 0 N–H and O–H groups in total. The molecular weight excluding hydrogens is 311 g/mol. The molecule has 1 fully saturated rings. The maximum atomic E-state index is 13.9. The second-order valence-corrected chi connectivity index (χ2v) is 7.66. The molecule has 2 atom stereocenters. The molecule has 0 saturated heterocycles. The highest BCUT2D eigenvalue weighted by Crippen LogP contribution is 2.36. The van der Waals surface area contributed by atoms with Gasteiger partial charge in [0.05, 0.1) is 0 Å². The molecule has 0 bridgehead atoms. The van der Waals surface area contributed by atoms with E-state index in [4.69, 9.17) is 4.74 Å². The Bertz CT molecular complexity index is 735. The zero-order valence-electron chi connectivity index (χ0n) is 15.8. The number of ether oxygens (including phenoxy) is 1. The van der Waals surface area contributed by atoms with Gasteiger partial charge in [-0.25, -0.2) is 4.39 Å². The highest BCUT2D eigenvalue weighted by Gasteiger charge is 2.33. The molecule has 0 spiro atoms.